The number of furan rings is 1. The third-order valence-electron chi connectivity index (χ3n) is 4.51. The minimum Gasteiger partial charge on any atom is -0.469 e. The van der Waals surface area contributed by atoms with Crippen molar-refractivity contribution in [3.63, 3.8) is 0 Å². The van der Waals surface area contributed by atoms with Gasteiger partial charge in [0.15, 0.2) is 11.7 Å². The van der Waals surface area contributed by atoms with E-state index in [4.69, 9.17) is 9.15 Å². The zero-order chi connectivity index (χ0) is 21.2. The fraction of sp³-hybridized carbons (Fsp3) is 0.579. The van der Waals surface area contributed by atoms with Crippen LogP contribution in [0.4, 0.5) is 13.2 Å². The van der Waals surface area contributed by atoms with Gasteiger partial charge < -0.3 is 19.8 Å². The molecule has 0 aromatic carbocycles. The highest BCUT2D eigenvalue weighted by Crippen LogP contribution is 2.29. The van der Waals surface area contributed by atoms with Crippen LogP contribution in [0.2, 0.25) is 0 Å². The van der Waals surface area contributed by atoms with Crippen molar-refractivity contribution in [3.8, 4) is 0 Å². The number of alkyl halides is 3. The second kappa shape index (κ2) is 13.2. The van der Waals surface area contributed by atoms with Crippen molar-refractivity contribution in [2.24, 2.45) is 4.99 Å². The Morgan fingerprint density at radius 2 is 1.94 bits per heavy atom. The molecule has 0 spiro atoms. The number of halogens is 4. The van der Waals surface area contributed by atoms with Crippen LogP contribution in [-0.2, 0) is 23.8 Å². The Morgan fingerprint density at radius 1 is 1.19 bits per heavy atom. The van der Waals surface area contributed by atoms with Gasteiger partial charge in [-0.3, -0.25) is 9.89 Å². The van der Waals surface area contributed by atoms with Gasteiger partial charge in [-0.25, -0.2) is 4.98 Å². The van der Waals surface area contributed by atoms with E-state index in [1.54, 1.807) is 6.26 Å². The topological polar surface area (TPSA) is 74.9 Å². The Bertz CT molecular complexity index is 780. The van der Waals surface area contributed by atoms with Crippen molar-refractivity contribution in [2.45, 2.75) is 19.0 Å². The van der Waals surface area contributed by atoms with E-state index in [0.29, 0.717) is 43.4 Å². The molecule has 1 aliphatic heterocycles. The molecule has 1 saturated heterocycles. The van der Waals surface area contributed by atoms with E-state index in [1.807, 2.05) is 12.1 Å². The lowest BCUT2D eigenvalue weighted by Gasteiger charge is -2.25. The second-order valence-corrected chi connectivity index (χ2v) is 7.68. The summed E-state index contributed by atoms with van der Waals surface area (Å²) >= 11 is 1.02. The summed E-state index contributed by atoms with van der Waals surface area (Å²) in [6.45, 7) is 5.79. The molecule has 1 aliphatic rings. The summed E-state index contributed by atoms with van der Waals surface area (Å²) in [6.07, 6.45) is -1.67. The third-order valence-corrected chi connectivity index (χ3v) is 5.42. The number of morpholine rings is 1. The van der Waals surface area contributed by atoms with Crippen LogP contribution in [-0.4, -0.2) is 68.3 Å². The maximum absolute atomic E-state index is 12.7. The van der Waals surface area contributed by atoms with Gasteiger partial charge in [0, 0.05) is 50.9 Å². The average molecular weight is 573 g/mol. The van der Waals surface area contributed by atoms with Crippen molar-refractivity contribution in [1.82, 2.24) is 20.5 Å². The van der Waals surface area contributed by atoms with Gasteiger partial charge in [0.2, 0.25) is 0 Å². The number of rotatable bonds is 9. The van der Waals surface area contributed by atoms with Gasteiger partial charge in [0.05, 0.1) is 31.0 Å². The van der Waals surface area contributed by atoms with E-state index >= 15 is 0 Å². The van der Waals surface area contributed by atoms with Crippen LogP contribution in [0.25, 0.3) is 0 Å². The second-order valence-electron chi connectivity index (χ2n) is 6.74. The first-order chi connectivity index (χ1) is 14.5. The predicted octanol–water partition coefficient (Wildman–Crippen LogP) is 3.03. The Hall–Kier alpha value is -1.38. The molecular weight excluding hydrogens is 546 g/mol. The van der Waals surface area contributed by atoms with Crippen LogP contribution in [0.15, 0.2) is 33.2 Å². The van der Waals surface area contributed by atoms with Gasteiger partial charge in [0.25, 0.3) is 0 Å². The predicted molar refractivity (Wildman–Crippen MR) is 124 cm³/mol. The lowest BCUT2D eigenvalue weighted by atomic mass is 10.3. The molecule has 0 atom stereocenters. The minimum atomic E-state index is -4.40. The number of ether oxygens (including phenoxy) is 1. The van der Waals surface area contributed by atoms with Gasteiger partial charge >= 0.3 is 6.18 Å². The Balaban J connectivity index is 0.00000341. The fourth-order valence-electron chi connectivity index (χ4n) is 2.90. The lowest BCUT2D eigenvalue weighted by Crippen LogP contribution is -2.41. The highest BCUT2D eigenvalue weighted by Gasteiger charge is 2.33. The summed E-state index contributed by atoms with van der Waals surface area (Å²) in [7, 11) is 0. The van der Waals surface area contributed by atoms with Crippen molar-refractivity contribution < 1.29 is 22.3 Å². The summed E-state index contributed by atoms with van der Waals surface area (Å²) in [6, 6.07) is 3.75. The molecule has 31 heavy (non-hydrogen) atoms. The molecule has 7 nitrogen and oxygen atoms in total. The number of aromatic nitrogens is 1. The molecule has 0 saturated carbocycles. The molecule has 3 rings (SSSR count). The van der Waals surface area contributed by atoms with Crippen LogP contribution < -0.4 is 10.6 Å². The molecule has 2 N–H and O–H groups in total. The highest BCUT2D eigenvalue weighted by molar-refractivity contribution is 14.0. The summed E-state index contributed by atoms with van der Waals surface area (Å²) in [4.78, 5) is 10.5. The maximum atomic E-state index is 12.7. The van der Waals surface area contributed by atoms with Gasteiger partial charge in [-0.15, -0.1) is 35.3 Å². The molecule has 3 heterocycles. The summed E-state index contributed by atoms with van der Waals surface area (Å²) in [5, 5.41) is 7.93. The number of hydrogen-bond donors (Lipinski definition) is 2. The summed E-state index contributed by atoms with van der Waals surface area (Å²) < 4.78 is 48.7. The number of guanidine groups is 1. The standard InChI is InChI=1S/C19H26F3N5O2S.HI/c20-19(21,22)16-14-30-17(26-16)4-6-24-18(23-5-3-15-2-1-11-29-15)25-7-8-27-9-12-28-13-10-27;/h1-2,11,14H,3-10,12-13H2,(H2,23,24,25);1H. The molecule has 0 unspecified atom stereocenters. The molecule has 0 aliphatic carbocycles. The lowest BCUT2D eigenvalue weighted by molar-refractivity contribution is -0.140. The van der Waals surface area contributed by atoms with Crippen molar-refractivity contribution in [3.05, 3.63) is 40.2 Å². The first-order valence-corrected chi connectivity index (χ1v) is 10.7. The number of nitrogens with zero attached hydrogens (tertiary/aromatic N) is 3. The minimum absolute atomic E-state index is 0. The van der Waals surface area contributed by atoms with E-state index in [9.17, 15) is 13.2 Å². The van der Waals surface area contributed by atoms with Gasteiger partial charge in [0.1, 0.15) is 5.76 Å². The Labute approximate surface area is 200 Å². The first-order valence-electron chi connectivity index (χ1n) is 9.87. The smallest absolute Gasteiger partial charge is 0.434 e. The van der Waals surface area contributed by atoms with E-state index in [2.05, 4.69) is 25.5 Å². The molecule has 0 amide bonds. The maximum Gasteiger partial charge on any atom is 0.434 e. The average Bonchev–Trinajstić information content (AvgIpc) is 3.40. The van der Waals surface area contributed by atoms with Crippen LogP contribution in [0, 0.1) is 0 Å². The van der Waals surface area contributed by atoms with E-state index in [0.717, 1.165) is 55.3 Å². The van der Waals surface area contributed by atoms with Crippen LogP contribution in [0.5, 0.6) is 0 Å². The van der Waals surface area contributed by atoms with Crippen molar-refractivity contribution in [1.29, 1.82) is 0 Å². The summed E-state index contributed by atoms with van der Waals surface area (Å²) in [5.41, 5.74) is -0.835. The fourth-order valence-corrected chi connectivity index (χ4v) is 3.71. The van der Waals surface area contributed by atoms with Crippen molar-refractivity contribution >= 4 is 41.3 Å². The molecule has 2 aromatic heterocycles. The molecular formula is C19H27F3IN5O2S. The quantitative estimate of drug-likeness (QED) is 0.273. The van der Waals surface area contributed by atoms with E-state index in [-0.39, 0.29) is 24.0 Å². The van der Waals surface area contributed by atoms with Gasteiger partial charge in [-0.1, -0.05) is 0 Å². The van der Waals surface area contributed by atoms with Crippen molar-refractivity contribution in [2.75, 3.05) is 52.5 Å². The van der Waals surface area contributed by atoms with Gasteiger partial charge in [-0.2, -0.15) is 13.2 Å². The highest BCUT2D eigenvalue weighted by atomic mass is 127. The SMILES string of the molecule is FC(F)(F)c1csc(CCNC(=NCCN2CCOCC2)NCCc2ccco2)n1.I. The molecule has 2 aromatic rings. The first kappa shape index (κ1) is 25.9. The van der Waals surface area contributed by atoms with Crippen LogP contribution >= 0.6 is 35.3 Å². The zero-order valence-corrected chi connectivity index (χ0v) is 20.1. The number of nitrogens with one attached hydrogen (secondary N) is 2. The van der Waals surface area contributed by atoms with Gasteiger partial charge in [-0.05, 0) is 12.1 Å². The summed E-state index contributed by atoms with van der Waals surface area (Å²) in [5.74, 6) is 1.50. The largest absolute Gasteiger partial charge is 0.469 e. The molecule has 0 bridgehead atoms. The monoisotopic (exact) mass is 573 g/mol. The number of aliphatic imine (C=N–C) groups is 1. The molecule has 174 valence electrons. The van der Waals surface area contributed by atoms with E-state index in [1.165, 1.54) is 0 Å². The molecule has 12 heteroatoms. The zero-order valence-electron chi connectivity index (χ0n) is 17.0. The van der Waals surface area contributed by atoms with Crippen LogP contribution in [0.3, 0.4) is 0 Å². The molecule has 1 fully saturated rings. The van der Waals surface area contributed by atoms with E-state index < -0.39 is 11.9 Å². The number of hydrogen-bond acceptors (Lipinski definition) is 6. The number of thiazole rings is 1. The Kier molecular flexibility index (Phi) is 11.0. The normalized spacial score (nSPS) is 15.5. The third kappa shape index (κ3) is 9.33. The Morgan fingerprint density at radius 3 is 2.58 bits per heavy atom. The van der Waals surface area contributed by atoms with Crippen LogP contribution in [0.1, 0.15) is 16.5 Å². The molecule has 0 radical (unpaired) electrons.